The number of alkyl halides is 6. The molecule has 3 aromatic heterocycles. The number of nitrogens with zero attached hydrogens (tertiary/aromatic N) is 5. The molecule has 2 radical (unpaired) electrons. The second kappa shape index (κ2) is 9.04. The number of aliphatic hydroxyl groups is 1. The molecule has 0 amide bonds. The quantitative estimate of drug-likeness (QED) is 0.359. The van der Waals surface area contributed by atoms with Gasteiger partial charge in [-0.25, -0.2) is 4.98 Å². The van der Waals surface area contributed by atoms with Crippen LogP contribution in [-0.4, -0.2) is 49.4 Å². The van der Waals surface area contributed by atoms with Gasteiger partial charge >= 0.3 is 12.4 Å². The van der Waals surface area contributed by atoms with Crippen LogP contribution in [0.2, 0.25) is 0 Å². The first-order valence-electron chi connectivity index (χ1n) is 9.48. The summed E-state index contributed by atoms with van der Waals surface area (Å²) in [6.07, 6.45) is -8.54. The second-order valence-electron chi connectivity index (χ2n) is 7.54. The summed E-state index contributed by atoms with van der Waals surface area (Å²) in [4.78, 5) is 18.7. The third-order valence-corrected chi connectivity index (χ3v) is 4.26. The van der Waals surface area contributed by atoms with E-state index in [4.69, 9.17) is 7.85 Å². The van der Waals surface area contributed by atoms with Crippen LogP contribution in [0.25, 0.3) is 11.5 Å². The lowest BCUT2D eigenvalue weighted by Gasteiger charge is -2.27. The molecule has 0 bridgehead atoms. The fourth-order valence-electron chi connectivity index (χ4n) is 2.44. The summed E-state index contributed by atoms with van der Waals surface area (Å²) < 4.78 is 78.2. The third kappa shape index (κ3) is 6.30. The molecule has 0 spiro atoms. The smallest absolute Gasteiger partial charge is 0.389 e. The maximum Gasteiger partial charge on any atom is 0.433 e. The number of aromatic nitrogens is 5. The van der Waals surface area contributed by atoms with E-state index in [1.54, 1.807) is 0 Å². The highest BCUT2D eigenvalue weighted by atomic mass is 19.4. The van der Waals surface area contributed by atoms with Crippen LogP contribution in [-0.2, 0) is 12.4 Å². The number of hydrogen-bond acceptors (Lipinski definition) is 8. The SMILES string of the molecule is [B]C(Nc1nc(Nc2ccnc(C(F)(F)F)c2)nc(-c2cccc(C(F)(F)F)n2)n1)C(C)(C)O. The Morgan fingerprint density at radius 1 is 0.882 bits per heavy atom. The predicted octanol–water partition coefficient (Wildman–Crippen LogP) is 3.79. The molecule has 8 nitrogen and oxygen atoms in total. The number of nitrogens with one attached hydrogen (secondary N) is 2. The lowest BCUT2D eigenvalue weighted by atomic mass is 9.82. The minimum atomic E-state index is -4.74. The van der Waals surface area contributed by atoms with E-state index in [0.29, 0.717) is 6.07 Å². The minimum absolute atomic E-state index is 0.103. The molecule has 0 aliphatic carbocycles. The lowest BCUT2D eigenvalue weighted by molar-refractivity contribution is -0.141. The fourth-order valence-corrected chi connectivity index (χ4v) is 2.44. The van der Waals surface area contributed by atoms with Crippen molar-refractivity contribution in [1.82, 2.24) is 24.9 Å². The molecular weight excluding hydrogens is 467 g/mol. The maximum absolute atomic E-state index is 13.1. The Morgan fingerprint density at radius 2 is 1.53 bits per heavy atom. The van der Waals surface area contributed by atoms with Crippen LogP contribution in [0.1, 0.15) is 25.2 Å². The maximum atomic E-state index is 13.1. The Hall–Kier alpha value is -3.49. The van der Waals surface area contributed by atoms with Crippen LogP contribution in [0.15, 0.2) is 36.5 Å². The zero-order valence-corrected chi connectivity index (χ0v) is 17.6. The van der Waals surface area contributed by atoms with E-state index in [2.05, 4.69) is 35.6 Å². The summed E-state index contributed by atoms with van der Waals surface area (Å²) in [5.41, 5.74) is -4.23. The largest absolute Gasteiger partial charge is 0.433 e. The third-order valence-electron chi connectivity index (χ3n) is 4.26. The van der Waals surface area contributed by atoms with Crippen molar-refractivity contribution in [2.45, 2.75) is 37.7 Å². The first-order chi connectivity index (χ1) is 15.6. The molecule has 3 N–H and O–H groups in total. The van der Waals surface area contributed by atoms with Crippen LogP contribution in [0.4, 0.5) is 43.9 Å². The topological polar surface area (TPSA) is 109 Å². The molecule has 0 fully saturated rings. The fraction of sp³-hybridized carbons (Fsp3) is 0.316. The van der Waals surface area contributed by atoms with E-state index in [-0.39, 0.29) is 29.1 Å². The predicted molar refractivity (Wildman–Crippen MR) is 110 cm³/mol. The number of pyridine rings is 2. The first kappa shape index (κ1) is 25.1. The van der Waals surface area contributed by atoms with E-state index in [1.165, 1.54) is 26.0 Å². The van der Waals surface area contributed by atoms with Crippen molar-refractivity contribution in [3.63, 3.8) is 0 Å². The highest BCUT2D eigenvalue weighted by Gasteiger charge is 2.33. The van der Waals surface area contributed by atoms with Crippen LogP contribution in [0, 0.1) is 0 Å². The molecule has 1 atom stereocenters. The standard InChI is InChI=1S/C19H16BF6N7O/c1-17(2,34)14(20)32-16-31-13(10-4-3-5-11(29-10)18(21,22)23)30-15(33-16)28-9-6-7-27-12(8-9)19(24,25)26/h3-8,14,34H,1-2H3,(H2,27,28,30,31,32,33). The lowest BCUT2D eigenvalue weighted by Crippen LogP contribution is -2.42. The molecule has 0 saturated heterocycles. The molecular formula is C19H16BF6N7O. The van der Waals surface area contributed by atoms with Gasteiger partial charge in [0.2, 0.25) is 11.9 Å². The average Bonchev–Trinajstić information content (AvgIpc) is 2.72. The van der Waals surface area contributed by atoms with Gasteiger partial charge in [0, 0.05) is 17.8 Å². The van der Waals surface area contributed by atoms with Gasteiger partial charge in [0.15, 0.2) is 5.82 Å². The molecule has 0 aliphatic heterocycles. The van der Waals surface area contributed by atoms with Gasteiger partial charge < -0.3 is 15.7 Å². The molecule has 3 heterocycles. The highest BCUT2D eigenvalue weighted by Crippen LogP contribution is 2.31. The summed E-state index contributed by atoms with van der Waals surface area (Å²) in [6, 6.07) is 4.96. The number of anilines is 3. The normalized spacial score (nSPS) is 13.4. The van der Waals surface area contributed by atoms with E-state index in [1.807, 2.05) is 0 Å². The summed E-state index contributed by atoms with van der Waals surface area (Å²) in [6.45, 7) is 2.77. The van der Waals surface area contributed by atoms with Gasteiger partial charge in [-0.3, -0.25) is 4.98 Å². The van der Waals surface area contributed by atoms with Crippen molar-refractivity contribution >= 4 is 25.4 Å². The molecule has 3 rings (SSSR count). The molecule has 0 aliphatic rings. The molecule has 178 valence electrons. The molecule has 34 heavy (non-hydrogen) atoms. The Balaban J connectivity index is 2.05. The van der Waals surface area contributed by atoms with Gasteiger partial charge in [0.05, 0.1) is 5.60 Å². The molecule has 0 aromatic carbocycles. The van der Waals surface area contributed by atoms with Gasteiger partial charge in [-0.2, -0.15) is 41.3 Å². The number of hydrogen-bond donors (Lipinski definition) is 3. The van der Waals surface area contributed by atoms with Crippen LogP contribution < -0.4 is 10.6 Å². The van der Waals surface area contributed by atoms with Crippen LogP contribution in [0.5, 0.6) is 0 Å². The minimum Gasteiger partial charge on any atom is -0.389 e. The highest BCUT2D eigenvalue weighted by molar-refractivity contribution is 6.14. The number of halogens is 6. The average molecular weight is 483 g/mol. The Bertz CT molecular complexity index is 1170. The van der Waals surface area contributed by atoms with Crippen molar-refractivity contribution < 1.29 is 31.4 Å². The van der Waals surface area contributed by atoms with Crippen molar-refractivity contribution in [2.24, 2.45) is 0 Å². The van der Waals surface area contributed by atoms with Crippen molar-refractivity contribution in [3.8, 4) is 11.5 Å². The summed E-state index contributed by atoms with van der Waals surface area (Å²) in [7, 11) is 5.84. The summed E-state index contributed by atoms with van der Waals surface area (Å²) in [5, 5.41) is 15.2. The van der Waals surface area contributed by atoms with Crippen molar-refractivity contribution in [2.75, 3.05) is 10.6 Å². The van der Waals surface area contributed by atoms with E-state index < -0.39 is 35.3 Å². The molecule has 0 saturated carbocycles. The van der Waals surface area contributed by atoms with Gasteiger partial charge in [0.25, 0.3) is 0 Å². The molecule has 3 aromatic rings. The molecule has 15 heteroatoms. The van der Waals surface area contributed by atoms with E-state index >= 15 is 0 Å². The second-order valence-corrected chi connectivity index (χ2v) is 7.54. The number of rotatable bonds is 6. The van der Waals surface area contributed by atoms with Gasteiger partial charge in [-0.15, -0.1) is 0 Å². The van der Waals surface area contributed by atoms with Crippen molar-refractivity contribution in [3.05, 3.63) is 47.9 Å². The van der Waals surface area contributed by atoms with E-state index in [0.717, 1.165) is 18.3 Å². The first-order valence-corrected chi connectivity index (χ1v) is 9.48. The monoisotopic (exact) mass is 483 g/mol. The van der Waals surface area contributed by atoms with Gasteiger partial charge in [-0.1, -0.05) is 6.07 Å². The Labute approximate surface area is 190 Å². The zero-order chi connectivity index (χ0) is 25.3. The zero-order valence-electron chi connectivity index (χ0n) is 17.6. The van der Waals surface area contributed by atoms with Gasteiger partial charge in [0.1, 0.15) is 24.9 Å². The van der Waals surface area contributed by atoms with Crippen LogP contribution >= 0.6 is 0 Å². The Morgan fingerprint density at radius 3 is 2.15 bits per heavy atom. The summed E-state index contributed by atoms with van der Waals surface area (Å²) in [5.74, 6) is -2.05. The molecule has 1 unspecified atom stereocenters. The Kier molecular flexibility index (Phi) is 6.69. The van der Waals surface area contributed by atoms with Gasteiger partial charge in [-0.05, 0) is 38.1 Å². The van der Waals surface area contributed by atoms with E-state index in [9.17, 15) is 31.4 Å². The van der Waals surface area contributed by atoms with Crippen LogP contribution in [0.3, 0.4) is 0 Å². The summed E-state index contributed by atoms with van der Waals surface area (Å²) >= 11 is 0. The van der Waals surface area contributed by atoms with Crippen molar-refractivity contribution in [1.29, 1.82) is 0 Å².